The molecule has 1 heterocycles. The van der Waals surface area contributed by atoms with Gasteiger partial charge in [0.15, 0.2) is 0 Å². The molecule has 1 N–H and O–H groups in total. The van der Waals surface area contributed by atoms with Gasteiger partial charge in [0, 0.05) is 18.8 Å². The molecule has 1 aromatic heterocycles. The fraction of sp³-hybridized carbons (Fsp3) is 0.333. The minimum atomic E-state index is 0.312. The summed E-state index contributed by atoms with van der Waals surface area (Å²) in [5, 5.41) is 7.73. The Hall–Kier alpha value is -1.52. The van der Waals surface area contributed by atoms with Gasteiger partial charge in [-0.1, -0.05) is 0 Å². The molecule has 0 aliphatic carbocycles. The maximum Gasteiger partial charge on any atom is 0.119 e. The SMILES string of the molecule is COCCOc1ccc(NC(C)c2ccsc2)cc1. The quantitative estimate of drug-likeness (QED) is 0.777. The van der Waals surface area contributed by atoms with Crippen LogP contribution in [0.25, 0.3) is 0 Å². The van der Waals surface area contributed by atoms with Crippen molar-refractivity contribution in [2.45, 2.75) is 13.0 Å². The normalized spacial score (nSPS) is 12.1. The molecule has 0 saturated carbocycles. The number of thiophene rings is 1. The molecule has 102 valence electrons. The zero-order valence-corrected chi connectivity index (χ0v) is 12.1. The first-order chi connectivity index (χ1) is 9.29. The van der Waals surface area contributed by atoms with E-state index in [-0.39, 0.29) is 0 Å². The first-order valence-corrected chi connectivity index (χ1v) is 7.24. The summed E-state index contributed by atoms with van der Waals surface area (Å²) in [6.45, 7) is 3.34. The van der Waals surface area contributed by atoms with Gasteiger partial charge >= 0.3 is 0 Å². The average molecular weight is 277 g/mol. The zero-order valence-electron chi connectivity index (χ0n) is 11.3. The maximum atomic E-state index is 5.53. The van der Waals surface area contributed by atoms with Crippen molar-refractivity contribution in [3.63, 3.8) is 0 Å². The third-order valence-electron chi connectivity index (χ3n) is 2.84. The van der Waals surface area contributed by atoms with Gasteiger partial charge < -0.3 is 14.8 Å². The minimum absolute atomic E-state index is 0.312. The molecule has 0 radical (unpaired) electrons. The number of anilines is 1. The number of rotatable bonds is 7. The molecule has 1 atom stereocenters. The maximum absolute atomic E-state index is 5.53. The molecule has 0 amide bonds. The molecule has 0 spiro atoms. The van der Waals surface area contributed by atoms with Crippen molar-refractivity contribution in [2.75, 3.05) is 25.6 Å². The van der Waals surface area contributed by atoms with Gasteiger partial charge in [0.05, 0.1) is 6.61 Å². The summed E-state index contributed by atoms with van der Waals surface area (Å²) in [4.78, 5) is 0. The number of benzene rings is 1. The standard InChI is InChI=1S/C15H19NO2S/c1-12(13-7-10-19-11-13)16-14-3-5-15(6-4-14)18-9-8-17-2/h3-7,10-12,16H,8-9H2,1-2H3. The molecule has 3 nitrogen and oxygen atoms in total. The van der Waals surface area contributed by atoms with Gasteiger partial charge in [-0.25, -0.2) is 0 Å². The lowest BCUT2D eigenvalue weighted by molar-refractivity contribution is 0.146. The number of hydrogen-bond acceptors (Lipinski definition) is 4. The Morgan fingerprint density at radius 3 is 2.58 bits per heavy atom. The first-order valence-electron chi connectivity index (χ1n) is 6.30. The lowest BCUT2D eigenvalue weighted by Crippen LogP contribution is -2.06. The predicted octanol–water partition coefficient (Wildman–Crippen LogP) is 3.95. The molecule has 0 aliphatic rings. The highest BCUT2D eigenvalue weighted by Gasteiger charge is 2.05. The largest absolute Gasteiger partial charge is 0.491 e. The van der Waals surface area contributed by atoms with E-state index in [9.17, 15) is 0 Å². The predicted molar refractivity (Wildman–Crippen MR) is 80.2 cm³/mol. The highest BCUT2D eigenvalue weighted by molar-refractivity contribution is 7.07. The lowest BCUT2D eigenvalue weighted by atomic mass is 10.1. The van der Waals surface area contributed by atoms with Gasteiger partial charge in [-0.2, -0.15) is 11.3 Å². The summed E-state index contributed by atoms with van der Waals surface area (Å²) in [7, 11) is 1.67. The molecule has 2 rings (SSSR count). The van der Waals surface area contributed by atoms with Gasteiger partial charge in [-0.05, 0) is 53.6 Å². The topological polar surface area (TPSA) is 30.5 Å². The summed E-state index contributed by atoms with van der Waals surface area (Å²) in [5.74, 6) is 0.866. The van der Waals surface area contributed by atoms with Crippen LogP contribution < -0.4 is 10.1 Å². The highest BCUT2D eigenvalue weighted by Crippen LogP contribution is 2.22. The van der Waals surface area contributed by atoms with E-state index in [0.717, 1.165) is 11.4 Å². The Labute approximate surface area is 118 Å². The lowest BCUT2D eigenvalue weighted by Gasteiger charge is -2.14. The third-order valence-corrected chi connectivity index (χ3v) is 3.54. The highest BCUT2D eigenvalue weighted by atomic mass is 32.1. The molecule has 0 fully saturated rings. The van der Waals surface area contributed by atoms with Crippen LogP contribution in [-0.4, -0.2) is 20.3 Å². The van der Waals surface area contributed by atoms with E-state index >= 15 is 0 Å². The Morgan fingerprint density at radius 2 is 1.95 bits per heavy atom. The average Bonchev–Trinajstić information content (AvgIpc) is 2.95. The summed E-state index contributed by atoms with van der Waals surface area (Å²) >= 11 is 1.72. The van der Waals surface area contributed by atoms with Crippen molar-refractivity contribution in [3.8, 4) is 5.75 Å². The van der Waals surface area contributed by atoms with Gasteiger partial charge in [0.25, 0.3) is 0 Å². The smallest absolute Gasteiger partial charge is 0.119 e. The van der Waals surface area contributed by atoms with Crippen LogP contribution in [0.5, 0.6) is 5.75 Å². The summed E-state index contributed by atoms with van der Waals surface area (Å²) in [6.07, 6.45) is 0. The zero-order chi connectivity index (χ0) is 13.5. The van der Waals surface area contributed by atoms with E-state index in [1.165, 1.54) is 5.56 Å². The van der Waals surface area contributed by atoms with Crippen molar-refractivity contribution in [1.82, 2.24) is 0 Å². The second kappa shape index (κ2) is 7.16. The number of methoxy groups -OCH3 is 1. The fourth-order valence-electron chi connectivity index (χ4n) is 1.74. The Bertz CT molecular complexity index is 467. The van der Waals surface area contributed by atoms with Crippen molar-refractivity contribution >= 4 is 17.0 Å². The summed E-state index contributed by atoms with van der Waals surface area (Å²) in [6, 6.07) is 10.5. The van der Waals surface area contributed by atoms with E-state index < -0.39 is 0 Å². The third kappa shape index (κ3) is 4.26. The van der Waals surface area contributed by atoms with Crippen LogP contribution >= 0.6 is 11.3 Å². The molecule has 0 bridgehead atoms. The van der Waals surface area contributed by atoms with Gasteiger partial charge in [-0.15, -0.1) is 0 Å². The number of ether oxygens (including phenoxy) is 2. The molecule has 4 heteroatoms. The monoisotopic (exact) mass is 277 g/mol. The van der Waals surface area contributed by atoms with Crippen LogP contribution in [0.4, 0.5) is 5.69 Å². The van der Waals surface area contributed by atoms with Gasteiger partial charge in [0.1, 0.15) is 12.4 Å². The van der Waals surface area contributed by atoms with Crippen molar-refractivity contribution in [1.29, 1.82) is 0 Å². The summed E-state index contributed by atoms with van der Waals surface area (Å²) in [5.41, 5.74) is 2.41. The molecular formula is C15H19NO2S. The number of nitrogens with one attached hydrogen (secondary N) is 1. The van der Waals surface area contributed by atoms with Crippen LogP contribution in [0.15, 0.2) is 41.1 Å². The van der Waals surface area contributed by atoms with E-state index in [1.807, 2.05) is 24.3 Å². The Balaban J connectivity index is 1.88. The van der Waals surface area contributed by atoms with Crippen LogP contribution in [0, 0.1) is 0 Å². The number of hydrogen-bond donors (Lipinski definition) is 1. The van der Waals surface area contributed by atoms with Gasteiger partial charge in [0.2, 0.25) is 0 Å². The molecule has 1 unspecified atom stereocenters. The minimum Gasteiger partial charge on any atom is -0.491 e. The fourth-order valence-corrected chi connectivity index (χ4v) is 2.50. The molecule has 2 aromatic rings. The molecule has 0 saturated heterocycles. The van der Waals surface area contributed by atoms with Crippen LogP contribution in [-0.2, 0) is 4.74 Å². The second-order valence-electron chi connectivity index (χ2n) is 4.29. The Kier molecular flexibility index (Phi) is 5.24. The van der Waals surface area contributed by atoms with Crippen LogP contribution in [0.1, 0.15) is 18.5 Å². The van der Waals surface area contributed by atoms with Crippen LogP contribution in [0.3, 0.4) is 0 Å². The summed E-state index contributed by atoms with van der Waals surface area (Å²) < 4.78 is 10.5. The molecular weight excluding hydrogens is 258 g/mol. The van der Waals surface area contributed by atoms with Gasteiger partial charge in [-0.3, -0.25) is 0 Å². The van der Waals surface area contributed by atoms with Crippen molar-refractivity contribution < 1.29 is 9.47 Å². The van der Waals surface area contributed by atoms with E-state index in [0.29, 0.717) is 19.3 Å². The van der Waals surface area contributed by atoms with E-state index in [4.69, 9.17) is 9.47 Å². The second-order valence-corrected chi connectivity index (χ2v) is 5.07. The Morgan fingerprint density at radius 1 is 1.16 bits per heavy atom. The van der Waals surface area contributed by atoms with Crippen molar-refractivity contribution in [2.24, 2.45) is 0 Å². The van der Waals surface area contributed by atoms with Crippen molar-refractivity contribution in [3.05, 3.63) is 46.7 Å². The first kappa shape index (κ1) is 13.9. The van der Waals surface area contributed by atoms with E-state index in [1.54, 1.807) is 18.4 Å². The van der Waals surface area contributed by atoms with E-state index in [2.05, 4.69) is 29.1 Å². The molecule has 19 heavy (non-hydrogen) atoms. The molecule has 0 aliphatic heterocycles. The molecule has 1 aromatic carbocycles. The van der Waals surface area contributed by atoms with Crippen LogP contribution in [0.2, 0.25) is 0 Å².